The molecule has 0 aliphatic rings. The molecule has 4 nitrogen and oxygen atoms in total. The van der Waals surface area contributed by atoms with Gasteiger partial charge in [-0.2, -0.15) is 9.57 Å². The lowest BCUT2D eigenvalue weighted by Gasteiger charge is -2.16. The number of halogens is 1. The van der Waals surface area contributed by atoms with E-state index >= 15 is 0 Å². The molecule has 1 aromatic carbocycles. The lowest BCUT2D eigenvalue weighted by molar-refractivity contribution is 0.469. The topological polar surface area (TPSA) is 61.2 Å². The van der Waals surface area contributed by atoms with Crippen molar-refractivity contribution in [2.75, 3.05) is 7.05 Å². The average molecular weight is 385 g/mol. The highest BCUT2D eigenvalue weighted by Crippen LogP contribution is 2.22. The van der Waals surface area contributed by atoms with E-state index in [4.69, 9.17) is 5.26 Å². The second kappa shape index (κ2) is 6.71. The van der Waals surface area contributed by atoms with Crippen LogP contribution in [0.2, 0.25) is 0 Å². The first kappa shape index (κ1) is 16.2. The molecule has 0 radical (unpaired) electrons. The Morgan fingerprint density at radius 1 is 1.33 bits per heavy atom. The van der Waals surface area contributed by atoms with Gasteiger partial charge in [-0.05, 0) is 39.7 Å². The van der Waals surface area contributed by atoms with Crippen molar-refractivity contribution in [3.8, 4) is 6.07 Å². The van der Waals surface area contributed by atoms with E-state index in [1.54, 1.807) is 31.3 Å². The predicted octanol–water partition coefficient (Wildman–Crippen LogP) is 3.34. The summed E-state index contributed by atoms with van der Waals surface area (Å²) < 4.78 is 26.9. The van der Waals surface area contributed by atoms with E-state index in [0.717, 1.165) is 9.35 Å². The summed E-state index contributed by atoms with van der Waals surface area (Å²) in [4.78, 5) is 0.979. The van der Waals surface area contributed by atoms with Crippen LogP contribution in [0.15, 0.2) is 40.2 Å². The van der Waals surface area contributed by atoms with E-state index in [0.29, 0.717) is 17.7 Å². The number of nitrogens with zero attached hydrogens (tertiary/aromatic N) is 2. The van der Waals surface area contributed by atoms with Crippen molar-refractivity contribution in [1.82, 2.24) is 4.31 Å². The highest BCUT2D eigenvalue weighted by Gasteiger charge is 2.19. The van der Waals surface area contributed by atoms with Gasteiger partial charge >= 0.3 is 0 Å². The molecule has 0 saturated heterocycles. The molecule has 0 atom stereocenters. The summed E-state index contributed by atoms with van der Waals surface area (Å²) in [6.07, 6.45) is 0. The van der Waals surface area contributed by atoms with Crippen LogP contribution in [0, 0.1) is 11.3 Å². The van der Waals surface area contributed by atoms with Crippen molar-refractivity contribution >= 4 is 37.3 Å². The molecule has 0 bridgehead atoms. The molecule has 21 heavy (non-hydrogen) atoms. The third-order valence-electron chi connectivity index (χ3n) is 2.91. The third kappa shape index (κ3) is 4.38. The maximum atomic E-state index is 12.3. The molecule has 2 rings (SSSR count). The van der Waals surface area contributed by atoms with E-state index in [1.807, 2.05) is 17.5 Å². The standard InChI is InChI=1S/C14H13BrN2O2S2/c1-17(8-14-6-13(15)9-20-14)21(18,19)10-12-4-2-11(7-16)3-5-12/h2-6,9H,8,10H2,1H3. The second-order valence-corrected chi connectivity index (χ2v) is 8.54. The Morgan fingerprint density at radius 3 is 2.52 bits per heavy atom. The molecule has 0 aliphatic heterocycles. The first-order valence-corrected chi connectivity index (χ1v) is 9.35. The van der Waals surface area contributed by atoms with Crippen LogP contribution in [0.4, 0.5) is 0 Å². The van der Waals surface area contributed by atoms with E-state index in [1.165, 1.54) is 15.6 Å². The summed E-state index contributed by atoms with van der Waals surface area (Å²) in [5.41, 5.74) is 1.20. The minimum atomic E-state index is -3.38. The quantitative estimate of drug-likeness (QED) is 0.793. The van der Waals surface area contributed by atoms with Gasteiger partial charge in [0.15, 0.2) is 0 Å². The van der Waals surface area contributed by atoms with Crippen molar-refractivity contribution in [2.24, 2.45) is 0 Å². The predicted molar refractivity (Wildman–Crippen MR) is 87.3 cm³/mol. The number of hydrogen-bond acceptors (Lipinski definition) is 4. The molecule has 0 aliphatic carbocycles. The van der Waals surface area contributed by atoms with Gasteiger partial charge in [0.25, 0.3) is 0 Å². The lowest BCUT2D eigenvalue weighted by atomic mass is 10.2. The summed E-state index contributed by atoms with van der Waals surface area (Å²) in [6, 6.07) is 10.5. The number of benzene rings is 1. The van der Waals surface area contributed by atoms with Gasteiger partial charge in [-0.15, -0.1) is 11.3 Å². The number of sulfonamides is 1. The molecule has 1 aromatic heterocycles. The highest BCUT2D eigenvalue weighted by molar-refractivity contribution is 9.10. The molecule has 7 heteroatoms. The number of hydrogen-bond donors (Lipinski definition) is 0. The van der Waals surface area contributed by atoms with Gasteiger partial charge in [-0.1, -0.05) is 12.1 Å². The molecule has 0 unspecified atom stereocenters. The highest BCUT2D eigenvalue weighted by atomic mass is 79.9. The zero-order valence-electron chi connectivity index (χ0n) is 11.3. The fourth-order valence-electron chi connectivity index (χ4n) is 1.75. The molecule has 0 amide bonds. The SMILES string of the molecule is CN(Cc1cc(Br)cs1)S(=O)(=O)Cc1ccc(C#N)cc1. The largest absolute Gasteiger partial charge is 0.218 e. The average Bonchev–Trinajstić information content (AvgIpc) is 2.84. The molecule has 0 saturated carbocycles. The molecule has 0 fully saturated rings. The normalized spacial score (nSPS) is 11.5. The number of thiophene rings is 1. The monoisotopic (exact) mass is 384 g/mol. The zero-order chi connectivity index (χ0) is 15.5. The maximum Gasteiger partial charge on any atom is 0.218 e. The van der Waals surface area contributed by atoms with Gasteiger partial charge in [0, 0.05) is 28.3 Å². The summed E-state index contributed by atoms with van der Waals surface area (Å²) in [5.74, 6) is -0.0677. The van der Waals surface area contributed by atoms with Crippen LogP contribution in [-0.4, -0.2) is 19.8 Å². The minimum Gasteiger partial charge on any atom is -0.212 e. The smallest absolute Gasteiger partial charge is 0.212 e. The molecule has 110 valence electrons. The summed E-state index contributed by atoms with van der Waals surface area (Å²) >= 11 is 4.87. The first-order chi connectivity index (χ1) is 9.90. The Labute approximate surface area is 136 Å². The van der Waals surface area contributed by atoms with Crippen molar-refractivity contribution in [1.29, 1.82) is 5.26 Å². The molecule has 0 N–H and O–H groups in total. The Kier molecular flexibility index (Phi) is 5.17. The Hall–Kier alpha value is -1.20. The van der Waals surface area contributed by atoms with Gasteiger partial charge in [0.05, 0.1) is 17.4 Å². The van der Waals surface area contributed by atoms with Crippen LogP contribution in [0.25, 0.3) is 0 Å². The first-order valence-electron chi connectivity index (χ1n) is 6.06. The number of nitriles is 1. The fraction of sp³-hybridized carbons (Fsp3) is 0.214. The molecule has 1 heterocycles. The van der Waals surface area contributed by atoms with Crippen LogP contribution in [0.5, 0.6) is 0 Å². The van der Waals surface area contributed by atoms with Crippen LogP contribution in [0.1, 0.15) is 16.0 Å². The van der Waals surface area contributed by atoms with Crippen LogP contribution in [0.3, 0.4) is 0 Å². The van der Waals surface area contributed by atoms with Gasteiger partial charge < -0.3 is 0 Å². The van der Waals surface area contributed by atoms with E-state index in [2.05, 4.69) is 15.9 Å². The van der Waals surface area contributed by atoms with Crippen molar-refractivity contribution in [3.63, 3.8) is 0 Å². The van der Waals surface area contributed by atoms with Crippen molar-refractivity contribution in [3.05, 3.63) is 56.2 Å². The molecular formula is C14H13BrN2O2S2. The zero-order valence-corrected chi connectivity index (χ0v) is 14.5. The molecular weight excluding hydrogens is 372 g/mol. The van der Waals surface area contributed by atoms with Gasteiger partial charge in [-0.3, -0.25) is 0 Å². The summed E-state index contributed by atoms with van der Waals surface area (Å²) in [5, 5.41) is 10.7. The van der Waals surface area contributed by atoms with Crippen LogP contribution in [-0.2, 0) is 22.3 Å². The lowest BCUT2D eigenvalue weighted by Crippen LogP contribution is -2.27. The Balaban J connectivity index is 2.08. The molecule has 0 spiro atoms. The summed E-state index contributed by atoms with van der Waals surface area (Å²) in [7, 11) is -1.80. The van der Waals surface area contributed by atoms with Gasteiger partial charge in [-0.25, -0.2) is 8.42 Å². The van der Waals surface area contributed by atoms with Crippen LogP contribution < -0.4 is 0 Å². The second-order valence-electron chi connectivity index (χ2n) is 4.55. The molecule has 2 aromatic rings. The Bertz CT molecular complexity index is 761. The van der Waals surface area contributed by atoms with Gasteiger partial charge in [0.2, 0.25) is 10.0 Å². The van der Waals surface area contributed by atoms with E-state index in [-0.39, 0.29) is 5.75 Å². The van der Waals surface area contributed by atoms with E-state index in [9.17, 15) is 8.42 Å². The minimum absolute atomic E-state index is 0.0677. The van der Waals surface area contributed by atoms with Gasteiger partial charge in [0.1, 0.15) is 0 Å². The summed E-state index contributed by atoms with van der Waals surface area (Å²) in [6.45, 7) is 0.356. The van der Waals surface area contributed by atoms with E-state index < -0.39 is 10.0 Å². The van der Waals surface area contributed by atoms with Crippen molar-refractivity contribution in [2.45, 2.75) is 12.3 Å². The fourth-order valence-corrected chi connectivity index (χ4v) is 4.51. The maximum absolute atomic E-state index is 12.3. The van der Waals surface area contributed by atoms with Crippen molar-refractivity contribution < 1.29 is 8.42 Å². The Morgan fingerprint density at radius 2 is 2.00 bits per heavy atom. The van der Waals surface area contributed by atoms with Crippen LogP contribution >= 0.6 is 27.3 Å². The third-order valence-corrected chi connectivity index (χ3v) is 6.37. The number of rotatable bonds is 5.